The van der Waals surface area contributed by atoms with Gasteiger partial charge in [0.25, 0.3) is 0 Å². The second-order valence-electron chi connectivity index (χ2n) is 6.09. The van der Waals surface area contributed by atoms with Gasteiger partial charge in [0, 0.05) is 5.41 Å². The lowest BCUT2D eigenvalue weighted by molar-refractivity contribution is -0.144. The number of fused-ring (bicyclic) bond motifs is 2. The highest BCUT2D eigenvalue weighted by Crippen LogP contribution is 2.53. The number of alkyl halides is 3. The van der Waals surface area contributed by atoms with Crippen LogP contribution in [-0.4, -0.2) is 43.3 Å². The molecule has 1 saturated heterocycles. The summed E-state index contributed by atoms with van der Waals surface area (Å²) in [6.07, 6.45) is 1.02. The molecule has 1 aliphatic carbocycles. The normalized spacial score (nSPS) is 30.2. The average molecular weight is 367 g/mol. The van der Waals surface area contributed by atoms with Crippen LogP contribution in [0.3, 0.4) is 0 Å². The van der Waals surface area contributed by atoms with Gasteiger partial charge < -0.3 is 4.74 Å². The second-order valence-corrected chi connectivity index (χ2v) is 7.90. The Kier molecular flexibility index (Phi) is 4.11. The van der Waals surface area contributed by atoms with Crippen LogP contribution >= 0.6 is 0 Å². The number of hydrogen-bond donors (Lipinski definition) is 0. The van der Waals surface area contributed by atoms with Gasteiger partial charge in [-0.25, -0.2) is 9.10 Å². The number of hydrogen-bond acceptors (Lipinski definition) is 5. The Morgan fingerprint density at radius 3 is 2.42 bits per heavy atom. The van der Waals surface area contributed by atoms with E-state index in [1.165, 1.54) is 6.08 Å². The Morgan fingerprint density at radius 1 is 1.46 bits per heavy atom. The zero-order valence-electron chi connectivity index (χ0n) is 13.2. The molecule has 0 saturated carbocycles. The molecule has 1 fully saturated rings. The van der Waals surface area contributed by atoms with Crippen molar-refractivity contribution in [2.24, 2.45) is 11.3 Å². The Bertz CT molecular complexity index is 755. The number of halogens is 3. The van der Waals surface area contributed by atoms with Crippen LogP contribution in [0.2, 0.25) is 0 Å². The molecule has 0 aromatic rings. The van der Waals surface area contributed by atoms with E-state index in [1.807, 2.05) is 0 Å². The maximum atomic E-state index is 12.9. The number of amides is 1. The van der Waals surface area contributed by atoms with E-state index in [9.17, 15) is 31.2 Å². The van der Waals surface area contributed by atoms with Crippen molar-refractivity contribution in [1.82, 2.24) is 4.31 Å². The van der Waals surface area contributed by atoms with Crippen LogP contribution < -0.4 is 0 Å². The fraction of sp³-hybridized carbons (Fsp3) is 0.571. The topological polar surface area (TPSA) is 80.8 Å². The van der Waals surface area contributed by atoms with Gasteiger partial charge >= 0.3 is 21.5 Å². The first-order chi connectivity index (χ1) is 10.8. The summed E-state index contributed by atoms with van der Waals surface area (Å²) in [6.45, 7) is 6.95. The molecular formula is C14H16F3NO5S. The van der Waals surface area contributed by atoms with Gasteiger partial charge in [-0.3, -0.25) is 4.79 Å². The van der Waals surface area contributed by atoms with E-state index in [1.54, 1.807) is 13.8 Å². The number of piperidine rings is 1. The van der Waals surface area contributed by atoms with Gasteiger partial charge in [-0.05, 0) is 13.3 Å². The third kappa shape index (κ3) is 2.35. The highest BCUT2D eigenvalue weighted by atomic mass is 32.2. The molecule has 0 radical (unpaired) electrons. The number of ether oxygens (including phenoxy) is 1. The van der Waals surface area contributed by atoms with Crippen molar-refractivity contribution in [3.63, 3.8) is 0 Å². The number of esters is 1. The first kappa shape index (κ1) is 18.5. The van der Waals surface area contributed by atoms with Crippen molar-refractivity contribution >= 4 is 21.9 Å². The van der Waals surface area contributed by atoms with E-state index in [0.29, 0.717) is 5.57 Å². The minimum atomic E-state index is -5.92. The molecule has 0 N–H and O–H groups in total. The number of carbonyl (C=O) groups is 2. The monoisotopic (exact) mass is 367 g/mol. The van der Waals surface area contributed by atoms with Gasteiger partial charge in [-0.1, -0.05) is 25.2 Å². The van der Waals surface area contributed by atoms with Crippen molar-refractivity contribution in [2.45, 2.75) is 31.8 Å². The molecule has 2 aliphatic heterocycles. The van der Waals surface area contributed by atoms with Crippen LogP contribution in [0.5, 0.6) is 0 Å². The second kappa shape index (κ2) is 5.33. The molecule has 10 heteroatoms. The molecule has 6 nitrogen and oxygen atoms in total. The Morgan fingerprint density at radius 2 is 2.00 bits per heavy atom. The van der Waals surface area contributed by atoms with Crippen LogP contribution in [0, 0.1) is 11.3 Å². The first-order valence-corrected chi connectivity index (χ1v) is 8.33. The maximum Gasteiger partial charge on any atom is 0.516 e. The van der Waals surface area contributed by atoms with Crippen LogP contribution in [0.25, 0.3) is 0 Å². The van der Waals surface area contributed by atoms with Crippen molar-refractivity contribution in [3.05, 3.63) is 23.8 Å². The van der Waals surface area contributed by atoms with Crippen LogP contribution in [0.4, 0.5) is 13.2 Å². The molecule has 1 amide bonds. The summed E-state index contributed by atoms with van der Waals surface area (Å²) < 4.78 is 66.8. The lowest BCUT2D eigenvalue weighted by atomic mass is 9.61. The van der Waals surface area contributed by atoms with Crippen molar-refractivity contribution in [2.75, 3.05) is 7.11 Å². The lowest BCUT2D eigenvalue weighted by Gasteiger charge is -2.52. The van der Waals surface area contributed by atoms with E-state index in [2.05, 4.69) is 11.3 Å². The standard InChI is InChI=1S/C14H16F3NO5S/c1-7(2)13(3)6-10-8(12(20)23-4)5-9(13)11(19)18(10)24(21,22)14(15,16)17/h5,9-10H,1,6H2,2-4H3/t9-,10+,13+/m0/s1. The van der Waals surface area contributed by atoms with E-state index in [0.717, 1.165) is 7.11 Å². The number of methoxy groups -OCH3 is 1. The Balaban J connectivity index is 2.67. The number of allylic oxidation sites excluding steroid dienone is 1. The highest BCUT2D eigenvalue weighted by Gasteiger charge is 2.63. The van der Waals surface area contributed by atoms with Gasteiger partial charge in [-0.2, -0.15) is 21.6 Å². The summed E-state index contributed by atoms with van der Waals surface area (Å²) in [6, 6.07) is -1.58. The van der Waals surface area contributed by atoms with Crippen molar-refractivity contribution in [3.8, 4) is 0 Å². The van der Waals surface area contributed by atoms with Gasteiger partial charge in [0.15, 0.2) is 0 Å². The zero-order valence-corrected chi connectivity index (χ0v) is 14.0. The number of carbonyl (C=O) groups excluding carboxylic acids is 2. The first-order valence-electron chi connectivity index (χ1n) is 6.89. The molecule has 3 atom stereocenters. The predicted molar refractivity (Wildman–Crippen MR) is 76.7 cm³/mol. The van der Waals surface area contributed by atoms with Gasteiger partial charge in [-0.15, -0.1) is 0 Å². The van der Waals surface area contributed by atoms with Crippen molar-refractivity contribution < 1.29 is 35.9 Å². The minimum Gasteiger partial charge on any atom is -0.466 e. The molecule has 0 unspecified atom stereocenters. The molecule has 24 heavy (non-hydrogen) atoms. The van der Waals surface area contributed by atoms with Crippen LogP contribution in [-0.2, 0) is 24.3 Å². The summed E-state index contributed by atoms with van der Waals surface area (Å²) in [5.74, 6) is -3.43. The predicted octanol–water partition coefficient (Wildman–Crippen LogP) is 1.75. The van der Waals surface area contributed by atoms with Gasteiger partial charge in [0.05, 0.1) is 24.6 Å². The summed E-state index contributed by atoms with van der Waals surface area (Å²) in [5, 5.41) is 0. The van der Waals surface area contributed by atoms with Gasteiger partial charge in [0.2, 0.25) is 5.91 Å². The number of rotatable bonds is 3. The third-order valence-electron chi connectivity index (χ3n) is 4.72. The molecule has 3 aliphatic rings. The molecule has 0 aromatic carbocycles. The van der Waals surface area contributed by atoms with Crippen LogP contribution in [0.15, 0.2) is 23.8 Å². The fourth-order valence-corrected chi connectivity index (χ4v) is 4.21. The zero-order chi connectivity index (χ0) is 18.7. The quantitative estimate of drug-likeness (QED) is 0.561. The highest BCUT2D eigenvalue weighted by molar-refractivity contribution is 7.90. The van der Waals surface area contributed by atoms with E-state index >= 15 is 0 Å². The molecule has 134 valence electrons. The SMILES string of the molecule is C=C(C)[C@@]1(C)C[C@@H]2C(C(=O)OC)=C[C@H]1C(=O)N2S(=O)(=O)C(F)(F)F. The molecule has 0 spiro atoms. The molecule has 3 rings (SSSR count). The average Bonchev–Trinajstić information content (AvgIpc) is 2.44. The summed E-state index contributed by atoms with van der Waals surface area (Å²) in [4.78, 5) is 24.3. The van der Waals surface area contributed by atoms with Crippen molar-refractivity contribution in [1.29, 1.82) is 0 Å². The summed E-state index contributed by atoms with van der Waals surface area (Å²) in [7, 11) is -4.90. The molecular weight excluding hydrogens is 351 g/mol. The van der Waals surface area contributed by atoms with E-state index < -0.39 is 44.8 Å². The molecule has 2 heterocycles. The number of nitrogens with zero attached hydrogens (tertiary/aromatic N) is 1. The largest absolute Gasteiger partial charge is 0.516 e. The fourth-order valence-electron chi connectivity index (χ4n) is 3.12. The minimum absolute atomic E-state index is 0.172. The third-order valence-corrected chi connectivity index (χ3v) is 6.26. The maximum absolute atomic E-state index is 12.9. The molecule has 0 aromatic heterocycles. The Hall–Kier alpha value is -1.84. The number of sulfonamides is 1. The summed E-state index contributed by atoms with van der Waals surface area (Å²) >= 11 is 0. The van der Waals surface area contributed by atoms with Crippen LogP contribution in [0.1, 0.15) is 20.3 Å². The van der Waals surface area contributed by atoms with E-state index in [4.69, 9.17) is 0 Å². The summed E-state index contributed by atoms with van der Waals surface area (Å²) in [5.41, 5.74) is -6.36. The smallest absolute Gasteiger partial charge is 0.466 e. The Labute approximate surface area is 137 Å². The lowest BCUT2D eigenvalue weighted by Crippen LogP contribution is -2.63. The van der Waals surface area contributed by atoms with E-state index in [-0.39, 0.29) is 16.3 Å². The molecule has 2 bridgehead atoms. The van der Waals surface area contributed by atoms with Gasteiger partial charge in [0.1, 0.15) is 0 Å².